The Morgan fingerprint density at radius 2 is 2.19 bits per heavy atom. The third-order valence-corrected chi connectivity index (χ3v) is 2.19. The molecule has 0 saturated heterocycles. The Kier molecular flexibility index (Phi) is 2.76. The van der Waals surface area contributed by atoms with Gasteiger partial charge < -0.3 is 0 Å². The van der Waals surface area contributed by atoms with E-state index in [0.29, 0.717) is 12.1 Å². The van der Waals surface area contributed by atoms with Crippen LogP contribution in [-0.2, 0) is 6.54 Å². The lowest BCUT2D eigenvalue weighted by molar-refractivity contribution is 0.103. The fraction of sp³-hybridized carbons (Fsp3) is 0.182. The van der Waals surface area contributed by atoms with Crippen molar-refractivity contribution in [1.82, 2.24) is 14.8 Å². The van der Waals surface area contributed by atoms with E-state index in [0.717, 1.165) is 6.20 Å². The molecule has 0 aliphatic carbocycles. The van der Waals surface area contributed by atoms with Crippen LogP contribution in [0.25, 0.3) is 0 Å². The van der Waals surface area contributed by atoms with Gasteiger partial charge in [-0.3, -0.25) is 14.5 Å². The van der Waals surface area contributed by atoms with Crippen molar-refractivity contribution in [2.45, 2.75) is 13.5 Å². The Labute approximate surface area is 91.7 Å². The Hall–Kier alpha value is -2.04. The van der Waals surface area contributed by atoms with Gasteiger partial charge in [-0.1, -0.05) is 0 Å². The van der Waals surface area contributed by atoms with Gasteiger partial charge in [0.25, 0.3) is 0 Å². The molecule has 0 amide bonds. The maximum atomic E-state index is 12.9. The van der Waals surface area contributed by atoms with Gasteiger partial charge in [-0.2, -0.15) is 5.10 Å². The van der Waals surface area contributed by atoms with Crippen LogP contribution in [-0.4, -0.2) is 20.5 Å². The summed E-state index contributed by atoms with van der Waals surface area (Å²) in [6, 6.07) is 1.17. The first-order valence-electron chi connectivity index (χ1n) is 4.88. The molecule has 0 atom stereocenters. The van der Waals surface area contributed by atoms with Crippen LogP contribution in [0.3, 0.4) is 0 Å². The largest absolute Gasteiger partial charge is 0.288 e. The zero-order valence-corrected chi connectivity index (χ0v) is 8.72. The lowest BCUT2D eigenvalue weighted by atomic mass is 10.1. The number of nitrogens with zero attached hydrogens (tertiary/aromatic N) is 3. The second kappa shape index (κ2) is 4.22. The van der Waals surface area contributed by atoms with Crippen molar-refractivity contribution in [3.05, 3.63) is 47.8 Å². The van der Waals surface area contributed by atoms with E-state index in [-0.39, 0.29) is 11.3 Å². The summed E-state index contributed by atoms with van der Waals surface area (Å²) in [4.78, 5) is 15.5. The number of ketones is 1. The van der Waals surface area contributed by atoms with Crippen LogP contribution in [0.2, 0.25) is 0 Å². The van der Waals surface area contributed by atoms with Gasteiger partial charge >= 0.3 is 0 Å². The lowest BCUT2D eigenvalue weighted by Crippen LogP contribution is -2.01. The number of hydrogen-bond acceptors (Lipinski definition) is 3. The second-order valence-electron chi connectivity index (χ2n) is 3.31. The average molecular weight is 219 g/mol. The highest BCUT2D eigenvalue weighted by Crippen LogP contribution is 2.09. The number of halogens is 1. The molecule has 0 aromatic carbocycles. The molecule has 0 bridgehead atoms. The molecular weight excluding hydrogens is 209 g/mol. The first kappa shape index (κ1) is 10.5. The average Bonchev–Trinajstić information content (AvgIpc) is 2.76. The Morgan fingerprint density at radius 1 is 1.38 bits per heavy atom. The number of hydrogen-bond donors (Lipinski definition) is 0. The maximum absolute atomic E-state index is 12.9. The minimum atomic E-state index is -0.520. The fourth-order valence-electron chi connectivity index (χ4n) is 1.36. The van der Waals surface area contributed by atoms with Gasteiger partial charge in [-0.25, -0.2) is 4.39 Å². The van der Waals surface area contributed by atoms with E-state index in [1.165, 1.54) is 18.5 Å². The minimum absolute atomic E-state index is 0.232. The summed E-state index contributed by atoms with van der Waals surface area (Å²) in [5, 5.41) is 3.99. The number of aryl methyl sites for hydroxylation is 1. The second-order valence-corrected chi connectivity index (χ2v) is 3.31. The molecule has 0 N–H and O–H groups in total. The number of aromatic nitrogens is 3. The molecule has 82 valence electrons. The Morgan fingerprint density at radius 3 is 2.81 bits per heavy atom. The molecule has 0 aliphatic rings. The molecule has 0 radical (unpaired) electrons. The van der Waals surface area contributed by atoms with Crippen LogP contribution in [0, 0.1) is 5.82 Å². The maximum Gasteiger partial charge on any atom is 0.197 e. The van der Waals surface area contributed by atoms with E-state index < -0.39 is 5.82 Å². The molecule has 5 heteroatoms. The molecule has 0 aliphatic heterocycles. The van der Waals surface area contributed by atoms with Gasteiger partial charge in [0.15, 0.2) is 5.78 Å². The van der Waals surface area contributed by atoms with E-state index in [1.807, 2.05) is 6.92 Å². The monoisotopic (exact) mass is 219 g/mol. The summed E-state index contributed by atoms with van der Waals surface area (Å²) in [6.07, 6.45) is 5.50. The van der Waals surface area contributed by atoms with Crippen molar-refractivity contribution in [3.63, 3.8) is 0 Å². The van der Waals surface area contributed by atoms with Crippen molar-refractivity contribution in [2.75, 3.05) is 0 Å². The third kappa shape index (κ3) is 1.98. The Bertz CT molecular complexity index is 521. The molecule has 16 heavy (non-hydrogen) atoms. The van der Waals surface area contributed by atoms with Gasteiger partial charge in [0.2, 0.25) is 0 Å². The van der Waals surface area contributed by atoms with E-state index in [4.69, 9.17) is 0 Å². The summed E-state index contributed by atoms with van der Waals surface area (Å²) in [5.74, 6) is -0.791. The summed E-state index contributed by atoms with van der Waals surface area (Å²) in [5.41, 5.74) is 0.671. The standard InChI is InChI=1S/C11H10FN3O/c1-2-15-7-9(5-14-15)11(16)8-3-10(12)6-13-4-8/h3-7H,2H2,1H3. The smallest absolute Gasteiger partial charge is 0.197 e. The highest BCUT2D eigenvalue weighted by molar-refractivity contribution is 6.08. The van der Waals surface area contributed by atoms with Gasteiger partial charge in [-0.15, -0.1) is 0 Å². The number of pyridine rings is 1. The summed E-state index contributed by atoms with van der Waals surface area (Å²) in [7, 11) is 0. The number of rotatable bonds is 3. The zero-order chi connectivity index (χ0) is 11.5. The predicted octanol–water partition coefficient (Wildman–Crippen LogP) is 1.67. The SMILES string of the molecule is CCn1cc(C(=O)c2cncc(F)c2)cn1. The van der Waals surface area contributed by atoms with Crippen LogP contribution >= 0.6 is 0 Å². The summed E-state index contributed by atoms with van der Waals surface area (Å²) in [6.45, 7) is 2.61. The summed E-state index contributed by atoms with van der Waals surface area (Å²) < 4.78 is 14.5. The minimum Gasteiger partial charge on any atom is -0.288 e. The lowest BCUT2D eigenvalue weighted by Gasteiger charge is -1.97. The third-order valence-electron chi connectivity index (χ3n) is 2.19. The predicted molar refractivity (Wildman–Crippen MR) is 55.5 cm³/mol. The van der Waals surface area contributed by atoms with Crippen molar-refractivity contribution in [1.29, 1.82) is 0 Å². The highest BCUT2D eigenvalue weighted by Gasteiger charge is 2.12. The van der Waals surface area contributed by atoms with Crippen LogP contribution < -0.4 is 0 Å². The quantitative estimate of drug-likeness (QED) is 0.738. The van der Waals surface area contributed by atoms with Crippen LogP contribution in [0.1, 0.15) is 22.8 Å². The Balaban J connectivity index is 2.31. The van der Waals surface area contributed by atoms with Gasteiger partial charge in [0.1, 0.15) is 5.82 Å². The molecule has 2 aromatic heterocycles. The van der Waals surface area contributed by atoms with E-state index in [1.54, 1.807) is 10.9 Å². The van der Waals surface area contributed by atoms with Crippen molar-refractivity contribution in [3.8, 4) is 0 Å². The van der Waals surface area contributed by atoms with Gasteiger partial charge in [0.05, 0.1) is 18.0 Å². The van der Waals surface area contributed by atoms with Crippen molar-refractivity contribution >= 4 is 5.78 Å². The van der Waals surface area contributed by atoms with E-state index in [9.17, 15) is 9.18 Å². The number of carbonyl (C=O) groups is 1. The first-order valence-corrected chi connectivity index (χ1v) is 4.88. The molecule has 0 fully saturated rings. The molecular formula is C11H10FN3O. The molecule has 0 unspecified atom stereocenters. The molecule has 2 rings (SSSR count). The normalized spacial score (nSPS) is 10.4. The first-order chi connectivity index (χ1) is 7.70. The van der Waals surface area contributed by atoms with Gasteiger partial charge in [0, 0.05) is 24.5 Å². The van der Waals surface area contributed by atoms with Crippen LogP contribution in [0.4, 0.5) is 4.39 Å². The molecule has 2 heterocycles. The molecule has 0 spiro atoms. The molecule has 0 saturated carbocycles. The summed E-state index contributed by atoms with van der Waals surface area (Å²) >= 11 is 0. The fourth-order valence-corrected chi connectivity index (χ4v) is 1.36. The zero-order valence-electron chi connectivity index (χ0n) is 8.72. The topological polar surface area (TPSA) is 47.8 Å². The van der Waals surface area contributed by atoms with Gasteiger partial charge in [-0.05, 0) is 13.0 Å². The molecule has 4 nitrogen and oxygen atoms in total. The van der Waals surface area contributed by atoms with Crippen LogP contribution in [0.15, 0.2) is 30.9 Å². The highest BCUT2D eigenvalue weighted by atomic mass is 19.1. The number of carbonyl (C=O) groups excluding carboxylic acids is 1. The van der Waals surface area contributed by atoms with Crippen molar-refractivity contribution in [2.24, 2.45) is 0 Å². The van der Waals surface area contributed by atoms with E-state index in [2.05, 4.69) is 10.1 Å². The van der Waals surface area contributed by atoms with Crippen molar-refractivity contribution < 1.29 is 9.18 Å². The molecule has 2 aromatic rings. The van der Waals surface area contributed by atoms with Crippen LogP contribution in [0.5, 0.6) is 0 Å². The van der Waals surface area contributed by atoms with E-state index >= 15 is 0 Å².